The van der Waals surface area contributed by atoms with E-state index >= 15 is 0 Å². The van der Waals surface area contributed by atoms with E-state index in [1.807, 2.05) is 12.3 Å². The lowest BCUT2D eigenvalue weighted by Gasteiger charge is -2.27. The summed E-state index contributed by atoms with van der Waals surface area (Å²) in [7, 11) is 0. The number of anilines is 1. The van der Waals surface area contributed by atoms with E-state index in [-0.39, 0.29) is 0 Å². The van der Waals surface area contributed by atoms with Crippen LogP contribution in [0.5, 0.6) is 0 Å². The van der Waals surface area contributed by atoms with E-state index in [1.54, 1.807) is 0 Å². The Morgan fingerprint density at radius 3 is 2.78 bits per heavy atom. The molecule has 0 aliphatic carbocycles. The number of fused-ring (bicyclic) bond motifs is 2. The van der Waals surface area contributed by atoms with E-state index < -0.39 is 0 Å². The van der Waals surface area contributed by atoms with Crippen LogP contribution in [0.3, 0.4) is 0 Å². The van der Waals surface area contributed by atoms with E-state index in [2.05, 4.69) is 95.8 Å². The summed E-state index contributed by atoms with van der Waals surface area (Å²) < 4.78 is 0. The molecule has 2 nitrogen and oxygen atoms in total. The summed E-state index contributed by atoms with van der Waals surface area (Å²) in [5.74, 6) is 0. The molecule has 2 heterocycles. The Kier molecular flexibility index (Phi) is 5.15. The standard InChI is InChI=1S/C25H24N2/c1-2-3-18-27-19-16-21(23-12-5-7-14-25(23)27)10-8-9-20-15-17-26-24-13-6-4-11-22(20)24/h4-17,19H,2-3,18H2,1H3. The monoisotopic (exact) mass is 352 g/mol. The highest BCUT2D eigenvalue weighted by molar-refractivity contribution is 5.89. The fourth-order valence-corrected chi connectivity index (χ4v) is 3.50. The molecule has 0 fully saturated rings. The lowest BCUT2D eigenvalue weighted by Crippen LogP contribution is -2.20. The predicted molar refractivity (Wildman–Crippen MR) is 117 cm³/mol. The Hall–Kier alpha value is -3.13. The Balaban J connectivity index is 1.63. The van der Waals surface area contributed by atoms with Gasteiger partial charge in [0, 0.05) is 35.6 Å². The van der Waals surface area contributed by atoms with Gasteiger partial charge < -0.3 is 4.90 Å². The van der Waals surface area contributed by atoms with E-state index in [1.165, 1.54) is 40.6 Å². The highest BCUT2D eigenvalue weighted by Gasteiger charge is 2.14. The van der Waals surface area contributed by atoms with Crippen LogP contribution in [0.2, 0.25) is 0 Å². The van der Waals surface area contributed by atoms with Gasteiger partial charge in [-0.05, 0) is 41.8 Å². The zero-order valence-corrected chi connectivity index (χ0v) is 15.7. The normalized spacial score (nSPS) is 15.0. The van der Waals surface area contributed by atoms with Crippen LogP contribution >= 0.6 is 0 Å². The number of benzene rings is 2. The van der Waals surface area contributed by atoms with Gasteiger partial charge >= 0.3 is 0 Å². The molecule has 4 rings (SSSR count). The minimum atomic E-state index is 1.03. The molecule has 0 saturated carbocycles. The molecular weight excluding hydrogens is 328 g/mol. The van der Waals surface area contributed by atoms with Crippen molar-refractivity contribution in [2.24, 2.45) is 0 Å². The van der Waals surface area contributed by atoms with Crippen molar-refractivity contribution in [1.82, 2.24) is 4.98 Å². The third-order valence-corrected chi connectivity index (χ3v) is 4.95. The fraction of sp³-hybridized carbons (Fsp3) is 0.160. The third kappa shape index (κ3) is 3.70. The molecule has 134 valence electrons. The van der Waals surface area contributed by atoms with Crippen molar-refractivity contribution in [3.8, 4) is 0 Å². The van der Waals surface area contributed by atoms with E-state index in [9.17, 15) is 0 Å². The smallest absolute Gasteiger partial charge is 0.0707 e. The highest BCUT2D eigenvalue weighted by atomic mass is 15.1. The van der Waals surface area contributed by atoms with Gasteiger partial charge in [0.05, 0.1) is 5.52 Å². The minimum absolute atomic E-state index is 1.03. The molecule has 0 saturated heterocycles. The average Bonchev–Trinajstić information content (AvgIpc) is 2.73. The van der Waals surface area contributed by atoms with Gasteiger partial charge in [-0.15, -0.1) is 0 Å². The minimum Gasteiger partial charge on any atom is -0.347 e. The number of allylic oxidation sites excluding steroid dienone is 4. The second-order valence-electron chi connectivity index (χ2n) is 6.78. The molecule has 0 spiro atoms. The molecule has 0 unspecified atom stereocenters. The Morgan fingerprint density at radius 1 is 1.00 bits per heavy atom. The lowest BCUT2D eigenvalue weighted by atomic mass is 9.99. The van der Waals surface area contributed by atoms with Crippen molar-refractivity contribution in [2.75, 3.05) is 11.4 Å². The number of para-hydroxylation sites is 2. The second kappa shape index (κ2) is 8.05. The Morgan fingerprint density at radius 2 is 1.85 bits per heavy atom. The van der Waals surface area contributed by atoms with Gasteiger partial charge in [-0.2, -0.15) is 0 Å². The predicted octanol–water partition coefficient (Wildman–Crippen LogP) is 6.47. The van der Waals surface area contributed by atoms with Crippen molar-refractivity contribution < 1.29 is 0 Å². The first kappa shape index (κ1) is 17.3. The van der Waals surface area contributed by atoms with Crippen LogP contribution in [-0.2, 0) is 0 Å². The summed E-state index contributed by atoms with van der Waals surface area (Å²) in [6.07, 6.45) is 15.2. The third-order valence-electron chi connectivity index (χ3n) is 4.95. The summed E-state index contributed by atoms with van der Waals surface area (Å²) >= 11 is 0. The summed E-state index contributed by atoms with van der Waals surface area (Å²) in [6, 6.07) is 19.0. The number of hydrogen-bond donors (Lipinski definition) is 0. The number of hydrogen-bond acceptors (Lipinski definition) is 2. The fourth-order valence-electron chi connectivity index (χ4n) is 3.50. The second-order valence-corrected chi connectivity index (χ2v) is 6.78. The summed E-state index contributed by atoms with van der Waals surface area (Å²) in [5, 5.41) is 1.18. The molecule has 0 radical (unpaired) electrons. The van der Waals surface area contributed by atoms with Crippen LogP contribution in [-0.4, -0.2) is 11.5 Å². The number of rotatable bonds is 5. The van der Waals surface area contributed by atoms with Gasteiger partial charge in [0.25, 0.3) is 0 Å². The molecule has 2 aromatic carbocycles. The van der Waals surface area contributed by atoms with Crippen molar-refractivity contribution in [2.45, 2.75) is 19.8 Å². The molecular formula is C25H24N2. The number of unbranched alkanes of at least 4 members (excludes halogenated alkanes) is 1. The van der Waals surface area contributed by atoms with Crippen LogP contribution in [0.4, 0.5) is 5.69 Å². The van der Waals surface area contributed by atoms with Crippen molar-refractivity contribution in [3.05, 3.63) is 96.3 Å². The first-order valence-corrected chi connectivity index (χ1v) is 9.63. The molecule has 1 aliphatic rings. The maximum Gasteiger partial charge on any atom is 0.0707 e. The van der Waals surface area contributed by atoms with Crippen molar-refractivity contribution in [1.29, 1.82) is 0 Å². The molecule has 2 heteroatoms. The lowest BCUT2D eigenvalue weighted by molar-refractivity contribution is 0.781. The number of pyridine rings is 1. The molecule has 0 N–H and O–H groups in total. The molecule has 1 aromatic heterocycles. The van der Waals surface area contributed by atoms with Gasteiger partial charge in [-0.1, -0.05) is 68.0 Å². The van der Waals surface area contributed by atoms with Crippen LogP contribution in [0, 0.1) is 0 Å². The zero-order valence-electron chi connectivity index (χ0n) is 15.7. The van der Waals surface area contributed by atoms with Gasteiger partial charge in [0.15, 0.2) is 0 Å². The Labute approximate surface area is 161 Å². The van der Waals surface area contributed by atoms with Crippen molar-refractivity contribution >= 4 is 28.2 Å². The van der Waals surface area contributed by atoms with Crippen molar-refractivity contribution in [3.63, 3.8) is 0 Å². The molecule has 27 heavy (non-hydrogen) atoms. The summed E-state index contributed by atoms with van der Waals surface area (Å²) in [6.45, 7) is 3.30. The molecule has 1 aliphatic heterocycles. The topological polar surface area (TPSA) is 16.1 Å². The van der Waals surface area contributed by atoms with Crippen LogP contribution in [0.15, 0.2) is 85.2 Å². The van der Waals surface area contributed by atoms with Gasteiger partial charge in [0.2, 0.25) is 0 Å². The van der Waals surface area contributed by atoms with E-state index in [0.29, 0.717) is 0 Å². The van der Waals surface area contributed by atoms with Crippen LogP contribution < -0.4 is 4.90 Å². The SMILES string of the molecule is CCCCN1C=CC(=CC=Cc2ccnc3ccccc23)c2ccccc21. The van der Waals surface area contributed by atoms with Gasteiger partial charge in [-0.3, -0.25) is 4.98 Å². The Bertz CT molecular complexity index is 1020. The number of nitrogens with zero attached hydrogens (tertiary/aromatic N) is 2. The maximum atomic E-state index is 4.44. The zero-order chi connectivity index (χ0) is 18.5. The van der Waals surface area contributed by atoms with Gasteiger partial charge in [0.1, 0.15) is 0 Å². The van der Waals surface area contributed by atoms with E-state index in [4.69, 9.17) is 0 Å². The maximum absolute atomic E-state index is 4.44. The molecule has 3 aromatic rings. The first-order valence-electron chi connectivity index (χ1n) is 9.63. The molecule has 0 atom stereocenters. The average molecular weight is 352 g/mol. The first-order chi connectivity index (χ1) is 13.4. The largest absolute Gasteiger partial charge is 0.347 e. The highest BCUT2D eigenvalue weighted by Crippen LogP contribution is 2.33. The summed E-state index contributed by atoms with van der Waals surface area (Å²) in [5.41, 5.74) is 6.05. The quantitative estimate of drug-likeness (QED) is 0.523. The van der Waals surface area contributed by atoms with E-state index in [0.717, 1.165) is 12.1 Å². The number of aromatic nitrogens is 1. The summed E-state index contributed by atoms with van der Waals surface area (Å²) in [4.78, 5) is 6.79. The molecule has 0 amide bonds. The van der Waals surface area contributed by atoms with Crippen LogP contribution in [0.1, 0.15) is 30.9 Å². The van der Waals surface area contributed by atoms with Gasteiger partial charge in [-0.25, -0.2) is 0 Å². The van der Waals surface area contributed by atoms with Crippen LogP contribution in [0.25, 0.3) is 22.6 Å². The molecule has 0 bridgehead atoms.